The molecule has 0 saturated heterocycles. The van der Waals surface area contributed by atoms with Gasteiger partial charge in [-0.3, -0.25) is 0 Å². The van der Waals surface area contributed by atoms with E-state index in [1.807, 2.05) is 13.0 Å². The van der Waals surface area contributed by atoms with Gasteiger partial charge in [-0.1, -0.05) is 29.3 Å². The van der Waals surface area contributed by atoms with Gasteiger partial charge in [0, 0.05) is 21.7 Å². The Balaban J connectivity index is 2.03. The molecule has 1 aromatic heterocycles. The van der Waals surface area contributed by atoms with E-state index in [1.54, 1.807) is 24.3 Å². The van der Waals surface area contributed by atoms with Crippen LogP contribution in [0.4, 0.5) is 5.82 Å². The average Bonchev–Trinajstić information content (AvgIpc) is 2.53. The molecule has 0 aliphatic heterocycles. The molecule has 0 aliphatic carbocycles. The summed E-state index contributed by atoms with van der Waals surface area (Å²) in [5.41, 5.74) is 1.51. The molecule has 1 heterocycles. The van der Waals surface area contributed by atoms with Crippen LogP contribution in [0.15, 0.2) is 47.6 Å². The highest BCUT2D eigenvalue weighted by atomic mass is 35.5. The van der Waals surface area contributed by atoms with Crippen LogP contribution in [0, 0.1) is 0 Å². The van der Waals surface area contributed by atoms with E-state index < -0.39 is 9.84 Å². The van der Waals surface area contributed by atoms with Crippen molar-refractivity contribution < 1.29 is 8.42 Å². The lowest BCUT2D eigenvalue weighted by Gasteiger charge is -2.17. The molecule has 0 radical (unpaired) electrons. The highest BCUT2D eigenvalue weighted by Gasteiger charge is 2.15. The van der Waals surface area contributed by atoms with Gasteiger partial charge < -0.3 is 5.32 Å². The van der Waals surface area contributed by atoms with Gasteiger partial charge in [-0.2, -0.15) is 0 Å². The first-order valence-electron chi connectivity index (χ1n) is 7.42. The summed E-state index contributed by atoms with van der Waals surface area (Å²) in [7, 11) is -3.32. The minimum Gasteiger partial charge on any atom is -0.363 e. The van der Waals surface area contributed by atoms with Gasteiger partial charge in [0.25, 0.3) is 0 Å². The Morgan fingerprint density at radius 2 is 1.84 bits per heavy atom. The molecular formula is C17H15Cl2N3O2S. The fraction of sp³-hybridized carbons (Fsp3) is 0.176. The number of fused-ring (bicyclic) bond motifs is 1. The maximum atomic E-state index is 11.8. The Bertz CT molecular complexity index is 1050. The Morgan fingerprint density at radius 1 is 1.08 bits per heavy atom. The van der Waals surface area contributed by atoms with E-state index in [9.17, 15) is 8.42 Å². The van der Waals surface area contributed by atoms with Crippen molar-refractivity contribution >= 4 is 49.8 Å². The Kier molecular flexibility index (Phi) is 4.86. The molecule has 130 valence electrons. The maximum Gasteiger partial charge on any atom is 0.175 e. The molecular weight excluding hydrogens is 381 g/mol. The molecule has 1 atom stereocenters. The Labute approximate surface area is 155 Å². The predicted octanol–water partition coefficient (Wildman–Crippen LogP) is 4.51. The third kappa shape index (κ3) is 3.86. The van der Waals surface area contributed by atoms with Crippen LogP contribution in [0.2, 0.25) is 10.0 Å². The molecule has 0 amide bonds. The van der Waals surface area contributed by atoms with E-state index in [4.69, 9.17) is 23.2 Å². The van der Waals surface area contributed by atoms with Crippen molar-refractivity contribution in [3.05, 3.63) is 58.3 Å². The molecule has 1 N–H and O–H groups in total. The molecule has 25 heavy (non-hydrogen) atoms. The van der Waals surface area contributed by atoms with E-state index in [1.165, 1.54) is 18.6 Å². The summed E-state index contributed by atoms with van der Waals surface area (Å²) >= 11 is 12.2. The molecule has 0 fully saturated rings. The number of nitrogens with zero attached hydrogens (tertiary/aromatic N) is 2. The molecule has 0 saturated carbocycles. The van der Waals surface area contributed by atoms with Gasteiger partial charge in [-0.25, -0.2) is 18.4 Å². The summed E-state index contributed by atoms with van der Waals surface area (Å²) in [4.78, 5) is 8.66. The van der Waals surface area contributed by atoms with Crippen LogP contribution < -0.4 is 5.32 Å². The number of hydrogen-bond donors (Lipinski definition) is 1. The lowest BCUT2D eigenvalue weighted by molar-refractivity contribution is 0.602. The van der Waals surface area contributed by atoms with E-state index in [2.05, 4.69) is 15.3 Å². The van der Waals surface area contributed by atoms with Crippen LogP contribution in [0.25, 0.3) is 10.9 Å². The molecule has 5 nitrogen and oxygen atoms in total. The van der Waals surface area contributed by atoms with Crippen molar-refractivity contribution in [2.75, 3.05) is 11.6 Å². The lowest BCUT2D eigenvalue weighted by Crippen LogP contribution is -2.09. The van der Waals surface area contributed by atoms with E-state index >= 15 is 0 Å². The second-order valence-corrected chi connectivity index (χ2v) is 8.56. The van der Waals surface area contributed by atoms with Crippen LogP contribution in [-0.2, 0) is 9.84 Å². The van der Waals surface area contributed by atoms with Crippen LogP contribution in [0.1, 0.15) is 18.5 Å². The monoisotopic (exact) mass is 395 g/mol. The van der Waals surface area contributed by atoms with Gasteiger partial charge >= 0.3 is 0 Å². The molecule has 0 bridgehead atoms. The third-order valence-electron chi connectivity index (χ3n) is 3.82. The SMILES string of the molecule is C[C@H](Nc1ncnc2ccc(S(C)(=O)=O)cc12)c1ccc(Cl)cc1Cl. The number of rotatable bonds is 4. The highest BCUT2D eigenvalue weighted by Crippen LogP contribution is 2.30. The van der Waals surface area contributed by atoms with Gasteiger partial charge in [0.05, 0.1) is 16.5 Å². The van der Waals surface area contributed by atoms with Crippen molar-refractivity contribution in [2.45, 2.75) is 17.9 Å². The minimum absolute atomic E-state index is 0.162. The number of benzene rings is 2. The van der Waals surface area contributed by atoms with Crippen LogP contribution >= 0.6 is 23.2 Å². The Morgan fingerprint density at radius 3 is 2.52 bits per heavy atom. The van der Waals surface area contributed by atoms with Crippen molar-refractivity contribution in [1.82, 2.24) is 9.97 Å². The van der Waals surface area contributed by atoms with Gasteiger partial charge in [-0.05, 0) is 42.8 Å². The highest BCUT2D eigenvalue weighted by molar-refractivity contribution is 7.90. The number of aromatic nitrogens is 2. The van der Waals surface area contributed by atoms with Crippen molar-refractivity contribution in [1.29, 1.82) is 0 Å². The second kappa shape index (κ2) is 6.78. The summed E-state index contributed by atoms with van der Waals surface area (Å²) in [6.07, 6.45) is 2.60. The standard InChI is InChI=1S/C17H15Cl2N3O2S/c1-10(13-5-3-11(18)7-15(13)19)22-17-14-8-12(25(2,23)24)4-6-16(14)20-9-21-17/h3-10H,1-2H3,(H,20,21,22)/t10-/m0/s1. The smallest absolute Gasteiger partial charge is 0.175 e. The zero-order valence-electron chi connectivity index (χ0n) is 13.5. The normalized spacial score (nSPS) is 13.0. The Hall–Kier alpha value is -1.89. The molecule has 0 aliphatic rings. The predicted molar refractivity (Wildman–Crippen MR) is 101 cm³/mol. The number of nitrogens with one attached hydrogen (secondary N) is 1. The third-order valence-corrected chi connectivity index (χ3v) is 5.49. The van der Waals surface area contributed by atoms with Gasteiger partial charge in [-0.15, -0.1) is 0 Å². The second-order valence-electron chi connectivity index (χ2n) is 5.71. The zero-order valence-corrected chi connectivity index (χ0v) is 15.8. The maximum absolute atomic E-state index is 11.8. The molecule has 3 rings (SSSR count). The summed E-state index contributed by atoms with van der Waals surface area (Å²) in [5.74, 6) is 0.536. The van der Waals surface area contributed by atoms with Crippen LogP contribution in [-0.4, -0.2) is 24.6 Å². The fourth-order valence-electron chi connectivity index (χ4n) is 2.52. The van der Waals surface area contributed by atoms with Crippen molar-refractivity contribution in [3.8, 4) is 0 Å². The first kappa shape index (κ1) is 17.9. The van der Waals surface area contributed by atoms with Gasteiger partial charge in [0.2, 0.25) is 0 Å². The topological polar surface area (TPSA) is 72.0 Å². The molecule has 2 aromatic carbocycles. The first-order chi connectivity index (χ1) is 11.8. The van der Waals surface area contributed by atoms with Gasteiger partial charge in [0.1, 0.15) is 12.1 Å². The van der Waals surface area contributed by atoms with Crippen molar-refractivity contribution in [3.63, 3.8) is 0 Å². The molecule has 0 unspecified atom stereocenters. The van der Waals surface area contributed by atoms with Crippen molar-refractivity contribution in [2.24, 2.45) is 0 Å². The van der Waals surface area contributed by atoms with Crippen LogP contribution in [0.3, 0.4) is 0 Å². The molecule has 0 spiro atoms. The molecule has 8 heteroatoms. The minimum atomic E-state index is -3.32. The van der Waals surface area contributed by atoms with E-state index in [0.29, 0.717) is 26.8 Å². The number of sulfone groups is 1. The largest absolute Gasteiger partial charge is 0.363 e. The zero-order chi connectivity index (χ0) is 18.2. The van der Waals surface area contributed by atoms with Gasteiger partial charge in [0.15, 0.2) is 9.84 Å². The molecule has 3 aromatic rings. The average molecular weight is 396 g/mol. The number of anilines is 1. The first-order valence-corrected chi connectivity index (χ1v) is 10.1. The number of halogens is 2. The summed E-state index contributed by atoms with van der Waals surface area (Å²) in [6.45, 7) is 1.93. The lowest BCUT2D eigenvalue weighted by atomic mass is 10.1. The van der Waals surface area contributed by atoms with E-state index in [-0.39, 0.29) is 10.9 Å². The summed E-state index contributed by atoms with van der Waals surface area (Å²) < 4.78 is 23.6. The number of hydrogen-bond acceptors (Lipinski definition) is 5. The quantitative estimate of drug-likeness (QED) is 0.703. The summed E-state index contributed by atoms with van der Waals surface area (Å²) in [5, 5.41) is 5.00. The van der Waals surface area contributed by atoms with Crippen LogP contribution in [0.5, 0.6) is 0 Å². The summed E-state index contributed by atoms with van der Waals surface area (Å²) in [6, 6.07) is 9.89. The fourth-order valence-corrected chi connectivity index (χ4v) is 3.74. The van der Waals surface area contributed by atoms with E-state index in [0.717, 1.165) is 5.56 Å².